The van der Waals surface area contributed by atoms with Crippen molar-refractivity contribution in [3.63, 3.8) is 0 Å². The van der Waals surface area contributed by atoms with Crippen molar-refractivity contribution in [3.05, 3.63) is 35.4 Å². The third-order valence-electron chi connectivity index (χ3n) is 7.83. The molecule has 2 atom stereocenters. The molecule has 34 heavy (non-hydrogen) atoms. The van der Waals surface area contributed by atoms with E-state index in [1.54, 1.807) is 7.11 Å². The van der Waals surface area contributed by atoms with Gasteiger partial charge in [0.05, 0.1) is 12.3 Å². The van der Waals surface area contributed by atoms with Crippen molar-refractivity contribution in [1.29, 1.82) is 5.41 Å². The van der Waals surface area contributed by atoms with Crippen LogP contribution in [0.3, 0.4) is 0 Å². The molecule has 2 fully saturated rings. The Kier molecular flexibility index (Phi) is 7.18. The Labute approximate surface area is 204 Å². The summed E-state index contributed by atoms with van der Waals surface area (Å²) in [7, 11) is 1.71. The Morgan fingerprint density at radius 2 is 1.94 bits per heavy atom. The van der Waals surface area contributed by atoms with Gasteiger partial charge in [-0.2, -0.15) is 0 Å². The van der Waals surface area contributed by atoms with Crippen LogP contribution in [0.2, 0.25) is 0 Å². The molecule has 2 unspecified atom stereocenters. The van der Waals surface area contributed by atoms with Gasteiger partial charge in [0.1, 0.15) is 5.60 Å². The molecule has 4 rings (SSSR count). The summed E-state index contributed by atoms with van der Waals surface area (Å²) in [4.78, 5) is 19.5. The van der Waals surface area contributed by atoms with Gasteiger partial charge in [-0.25, -0.2) is 4.79 Å². The maximum atomic E-state index is 12.6. The van der Waals surface area contributed by atoms with Gasteiger partial charge in [-0.15, -0.1) is 0 Å². The lowest BCUT2D eigenvalue weighted by atomic mass is 9.54. The minimum Gasteiger partial charge on any atom is -0.444 e. The van der Waals surface area contributed by atoms with E-state index in [0.29, 0.717) is 12.5 Å². The van der Waals surface area contributed by atoms with Gasteiger partial charge in [0.25, 0.3) is 0 Å². The zero-order chi connectivity index (χ0) is 24.5. The molecule has 0 aromatic heterocycles. The number of carbonyl (C=O) groups is 1. The average molecular weight is 468 g/mol. The molecule has 0 bridgehead atoms. The van der Waals surface area contributed by atoms with Gasteiger partial charge in [0.15, 0.2) is 0 Å². The van der Waals surface area contributed by atoms with Crippen LogP contribution in [0.1, 0.15) is 70.9 Å². The van der Waals surface area contributed by atoms with Crippen molar-refractivity contribution in [3.8, 4) is 0 Å². The summed E-state index contributed by atoms with van der Waals surface area (Å²) in [6.45, 7) is 10.9. The van der Waals surface area contributed by atoms with Crippen LogP contribution in [-0.2, 0) is 16.1 Å². The number of hydrogen-bond donors (Lipinski definition) is 1. The molecule has 6 nitrogen and oxygen atoms in total. The summed E-state index contributed by atoms with van der Waals surface area (Å²) < 4.78 is 10.9. The van der Waals surface area contributed by atoms with Gasteiger partial charge in [-0.1, -0.05) is 31.2 Å². The van der Waals surface area contributed by atoms with Crippen molar-refractivity contribution < 1.29 is 14.3 Å². The Balaban J connectivity index is 1.37. The molecular weight excluding hydrogens is 426 g/mol. The Morgan fingerprint density at radius 3 is 2.59 bits per heavy atom. The highest BCUT2D eigenvalue weighted by Gasteiger charge is 2.51. The lowest BCUT2D eigenvalue weighted by Gasteiger charge is -2.55. The molecule has 1 aromatic rings. The van der Waals surface area contributed by atoms with E-state index in [-0.39, 0.29) is 23.3 Å². The van der Waals surface area contributed by atoms with E-state index in [9.17, 15) is 4.79 Å². The summed E-state index contributed by atoms with van der Waals surface area (Å²) >= 11 is 0. The highest BCUT2D eigenvalue weighted by Crippen LogP contribution is 2.55. The summed E-state index contributed by atoms with van der Waals surface area (Å²) in [5, 5.41) is 9.07. The number of aliphatic imine (C=N–C) groups is 1. The second kappa shape index (κ2) is 9.80. The van der Waals surface area contributed by atoms with Gasteiger partial charge in [-0.3, -0.25) is 4.99 Å². The molecule has 1 aromatic carbocycles. The van der Waals surface area contributed by atoms with Crippen LogP contribution >= 0.6 is 0 Å². The topological polar surface area (TPSA) is 75.0 Å². The molecular formula is C28H41N3O3. The summed E-state index contributed by atoms with van der Waals surface area (Å²) in [5.74, 6) is 0.834. The standard InChI is InChI=1S/C28H41N3O3/c1-19-24(29)23(11-13-30-25(19)21-9-7-20(8-10-21)17-33-5)22-15-28(16-22)12-6-14-31(18-28)26(32)34-27(2,3)4/h7-10,19,22-23,29H,6,11-18H2,1-5H3. The number of rotatable bonds is 4. The number of ether oxygens (including phenoxy) is 2. The SMILES string of the molecule is COCc1ccc(C2=NCCC(C3CC4(CCCN(C(=O)OC(C)(C)C)C4)C3)C(=N)C2C)cc1. The second-order valence-electron chi connectivity index (χ2n) is 11.6. The molecule has 2 heterocycles. The largest absolute Gasteiger partial charge is 0.444 e. The predicted molar refractivity (Wildman–Crippen MR) is 136 cm³/mol. The first-order valence-electron chi connectivity index (χ1n) is 12.8. The van der Waals surface area contributed by atoms with Gasteiger partial charge in [-0.05, 0) is 75.3 Å². The minimum absolute atomic E-state index is 0.0296. The van der Waals surface area contributed by atoms with Crippen LogP contribution in [0.25, 0.3) is 0 Å². The first kappa shape index (κ1) is 24.9. The van der Waals surface area contributed by atoms with Crippen molar-refractivity contribution in [2.75, 3.05) is 26.7 Å². The maximum absolute atomic E-state index is 12.6. The van der Waals surface area contributed by atoms with Crippen molar-refractivity contribution >= 4 is 17.5 Å². The number of hydrogen-bond acceptors (Lipinski definition) is 5. The van der Waals surface area contributed by atoms with Gasteiger partial charge < -0.3 is 19.8 Å². The number of methoxy groups -OCH3 is 1. The molecule has 3 aliphatic rings. The van der Waals surface area contributed by atoms with Crippen molar-refractivity contribution in [2.45, 2.75) is 72.0 Å². The number of amides is 1. The molecule has 0 radical (unpaired) electrons. The molecule has 1 N–H and O–H groups in total. The number of nitrogens with zero attached hydrogens (tertiary/aromatic N) is 2. The third kappa shape index (κ3) is 5.37. The average Bonchev–Trinajstić information content (AvgIpc) is 2.90. The van der Waals surface area contributed by atoms with Crippen molar-refractivity contribution in [2.24, 2.45) is 28.2 Å². The summed E-state index contributed by atoms with van der Waals surface area (Å²) in [6.07, 6.45) is 5.19. The van der Waals surface area contributed by atoms with E-state index in [1.165, 1.54) is 6.42 Å². The van der Waals surface area contributed by atoms with Crippen LogP contribution in [0.5, 0.6) is 0 Å². The van der Waals surface area contributed by atoms with E-state index in [1.807, 2.05) is 25.7 Å². The third-order valence-corrected chi connectivity index (χ3v) is 7.83. The predicted octanol–water partition coefficient (Wildman–Crippen LogP) is 5.73. The lowest BCUT2D eigenvalue weighted by molar-refractivity contribution is -0.0466. The lowest BCUT2D eigenvalue weighted by Crippen LogP contribution is -2.54. The van der Waals surface area contributed by atoms with E-state index in [0.717, 1.165) is 67.9 Å². The normalized spacial score (nSPS) is 29.9. The highest BCUT2D eigenvalue weighted by molar-refractivity contribution is 6.15. The Morgan fingerprint density at radius 1 is 1.24 bits per heavy atom. The van der Waals surface area contributed by atoms with Crippen LogP contribution < -0.4 is 0 Å². The maximum Gasteiger partial charge on any atom is 0.410 e. The number of likely N-dealkylation sites (tertiary alicyclic amines) is 1. The number of carbonyl (C=O) groups excluding carboxylic acids is 1. The molecule has 1 aliphatic carbocycles. The number of benzene rings is 1. The fourth-order valence-electron chi connectivity index (χ4n) is 6.21. The Hall–Kier alpha value is -2.21. The zero-order valence-electron chi connectivity index (χ0n) is 21.5. The molecule has 1 amide bonds. The van der Waals surface area contributed by atoms with Crippen LogP contribution in [0.4, 0.5) is 4.79 Å². The monoisotopic (exact) mass is 467 g/mol. The van der Waals surface area contributed by atoms with Crippen LogP contribution in [-0.4, -0.2) is 54.8 Å². The first-order valence-corrected chi connectivity index (χ1v) is 12.8. The summed E-state index contributed by atoms with van der Waals surface area (Å²) in [6, 6.07) is 8.41. The van der Waals surface area contributed by atoms with E-state index in [2.05, 4.69) is 31.2 Å². The molecule has 1 saturated heterocycles. The number of piperidine rings is 1. The molecule has 2 aliphatic heterocycles. The smallest absolute Gasteiger partial charge is 0.410 e. The first-order chi connectivity index (χ1) is 16.1. The van der Waals surface area contributed by atoms with Crippen LogP contribution in [0, 0.1) is 28.6 Å². The molecule has 186 valence electrons. The van der Waals surface area contributed by atoms with Gasteiger partial charge >= 0.3 is 6.09 Å². The second-order valence-corrected chi connectivity index (χ2v) is 11.6. The van der Waals surface area contributed by atoms with E-state index < -0.39 is 5.60 Å². The van der Waals surface area contributed by atoms with E-state index in [4.69, 9.17) is 19.9 Å². The summed E-state index contributed by atoms with van der Waals surface area (Å²) in [5.41, 5.74) is 3.88. The fourth-order valence-corrected chi connectivity index (χ4v) is 6.21. The zero-order valence-corrected chi connectivity index (χ0v) is 21.5. The molecule has 1 saturated carbocycles. The molecule has 1 spiro atoms. The van der Waals surface area contributed by atoms with E-state index >= 15 is 0 Å². The van der Waals surface area contributed by atoms with Crippen molar-refractivity contribution in [1.82, 2.24) is 4.90 Å². The van der Waals surface area contributed by atoms with Crippen LogP contribution in [0.15, 0.2) is 29.3 Å². The molecule has 6 heteroatoms. The Bertz CT molecular complexity index is 925. The quantitative estimate of drug-likeness (QED) is 0.615. The fraction of sp³-hybridized carbons (Fsp3) is 0.679. The highest BCUT2D eigenvalue weighted by atomic mass is 16.6. The number of nitrogens with one attached hydrogen (secondary N) is 1. The van der Waals surface area contributed by atoms with Gasteiger partial charge in [0, 0.05) is 44.3 Å². The van der Waals surface area contributed by atoms with Gasteiger partial charge in [0.2, 0.25) is 0 Å². The minimum atomic E-state index is -0.461.